The highest BCUT2D eigenvalue weighted by Crippen LogP contribution is 2.23. The normalized spacial score (nSPS) is 10.6. The van der Waals surface area contributed by atoms with Crippen LogP contribution in [0.1, 0.15) is 17.5 Å². The van der Waals surface area contributed by atoms with Crippen molar-refractivity contribution in [1.82, 2.24) is 15.3 Å². The predicted molar refractivity (Wildman–Crippen MR) is 118 cm³/mol. The van der Waals surface area contributed by atoms with Crippen LogP contribution in [0.3, 0.4) is 0 Å². The van der Waals surface area contributed by atoms with Gasteiger partial charge < -0.3 is 21.7 Å². The van der Waals surface area contributed by atoms with Crippen molar-refractivity contribution in [2.24, 2.45) is 0 Å². The first kappa shape index (κ1) is 21.9. The molecule has 3 aromatic rings. The molecule has 9 heteroatoms. The van der Waals surface area contributed by atoms with E-state index in [1.54, 1.807) is 0 Å². The van der Waals surface area contributed by atoms with Crippen molar-refractivity contribution in [2.75, 3.05) is 29.5 Å². The summed E-state index contributed by atoms with van der Waals surface area (Å²) in [5.74, 6) is -1.23. The fourth-order valence-electron chi connectivity index (χ4n) is 3.08. The number of nitrogens with one attached hydrogen (secondary N) is 3. The van der Waals surface area contributed by atoms with Gasteiger partial charge in [-0.25, -0.2) is 18.6 Å². The summed E-state index contributed by atoms with van der Waals surface area (Å²) in [5, 5.41) is 8.26. The minimum Gasteiger partial charge on any atom is -0.370 e. The van der Waals surface area contributed by atoms with Crippen LogP contribution < -0.4 is 21.7 Å². The minimum atomic E-state index is -1.02. The Morgan fingerprint density at radius 3 is 2.42 bits per heavy atom. The van der Waals surface area contributed by atoms with E-state index in [9.17, 15) is 13.6 Å². The first-order valence-electron chi connectivity index (χ1n) is 9.77. The van der Waals surface area contributed by atoms with E-state index in [0.717, 1.165) is 34.5 Å². The third kappa shape index (κ3) is 6.36. The third-order valence-electron chi connectivity index (χ3n) is 4.38. The largest absolute Gasteiger partial charge is 0.370 e. The molecule has 0 aliphatic rings. The van der Waals surface area contributed by atoms with Gasteiger partial charge >= 0.3 is 6.03 Å². The van der Waals surface area contributed by atoms with Crippen molar-refractivity contribution in [2.45, 2.75) is 20.3 Å². The van der Waals surface area contributed by atoms with E-state index in [1.807, 2.05) is 32.0 Å². The Morgan fingerprint density at radius 2 is 1.71 bits per heavy atom. The second-order valence-electron chi connectivity index (χ2n) is 7.16. The van der Waals surface area contributed by atoms with Gasteiger partial charge in [-0.15, -0.1) is 0 Å². The van der Waals surface area contributed by atoms with Crippen molar-refractivity contribution in [1.29, 1.82) is 0 Å². The fourth-order valence-corrected chi connectivity index (χ4v) is 3.08. The number of aromatic nitrogens is 2. The fraction of sp³-hybridized carbons (Fsp3) is 0.227. The van der Waals surface area contributed by atoms with E-state index in [1.165, 1.54) is 6.07 Å². The lowest BCUT2D eigenvalue weighted by Gasteiger charge is -2.11. The minimum absolute atomic E-state index is 0.170. The summed E-state index contributed by atoms with van der Waals surface area (Å²) in [5.41, 5.74) is 9.99. The van der Waals surface area contributed by atoms with Crippen molar-refractivity contribution >= 4 is 23.5 Å². The Balaban J connectivity index is 1.48. The zero-order valence-electron chi connectivity index (χ0n) is 17.3. The number of nitrogens with zero attached hydrogens (tertiary/aromatic N) is 2. The SMILES string of the molecule is Cc1cc(C)cc(-c2cc(NCCCNC(=O)Nc3ccc(F)c(F)c3)nc(N)n2)c1. The Kier molecular flexibility index (Phi) is 6.96. The summed E-state index contributed by atoms with van der Waals surface area (Å²) in [7, 11) is 0. The molecule has 0 saturated carbocycles. The Labute approximate surface area is 179 Å². The lowest BCUT2D eigenvalue weighted by Crippen LogP contribution is -2.30. The molecule has 0 bridgehead atoms. The highest BCUT2D eigenvalue weighted by Gasteiger charge is 2.07. The predicted octanol–water partition coefficient (Wildman–Crippen LogP) is 4.24. The highest BCUT2D eigenvalue weighted by atomic mass is 19.2. The molecular weight excluding hydrogens is 402 g/mol. The average Bonchev–Trinajstić information content (AvgIpc) is 2.69. The number of rotatable bonds is 7. The summed E-state index contributed by atoms with van der Waals surface area (Å²) < 4.78 is 26.1. The molecule has 0 saturated heterocycles. The van der Waals surface area contributed by atoms with Crippen LogP contribution in [0.4, 0.5) is 31.0 Å². The molecule has 0 aliphatic carbocycles. The van der Waals surface area contributed by atoms with Gasteiger partial charge in [0.05, 0.1) is 5.69 Å². The smallest absolute Gasteiger partial charge is 0.319 e. The summed E-state index contributed by atoms with van der Waals surface area (Å²) in [6.07, 6.45) is 0.605. The molecule has 0 atom stereocenters. The number of halogens is 2. The van der Waals surface area contributed by atoms with Gasteiger partial charge in [-0.2, -0.15) is 4.98 Å². The summed E-state index contributed by atoms with van der Waals surface area (Å²) >= 11 is 0. The van der Waals surface area contributed by atoms with E-state index >= 15 is 0 Å². The van der Waals surface area contributed by atoms with Crippen molar-refractivity contribution in [3.63, 3.8) is 0 Å². The topological polar surface area (TPSA) is 105 Å². The number of amides is 2. The monoisotopic (exact) mass is 426 g/mol. The number of urea groups is 1. The number of benzene rings is 2. The molecule has 0 radical (unpaired) electrons. The molecule has 0 unspecified atom stereocenters. The second-order valence-corrected chi connectivity index (χ2v) is 7.16. The number of carbonyl (C=O) groups is 1. The number of nitrogens with two attached hydrogens (primary N) is 1. The van der Waals surface area contributed by atoms with Crippen LogP contribution >= 0.6 is 0 Å². The summed E-state index contributed by atoms with van der Waals surface area (Å²) in [6, 6.07) is 10.6. The average molecular weight is 426 g/mol. The van der Waals surface area contributed by atoms with Gasteiger partial charge in [-0.3, -0.25) is 0 Å². The van der Waals surface area contributed by atoms with E-state index in [0.29, 0.717) is 25.3 Å². The molecule has 2 amide bonds. The first-order chi connectivity index (χ1) is 14.8. The van der Waals surface area contributed by atoms with Crippen LogP contribution in [-0.2, 0) is 0 Å². The number of aryl methyl sites for hydroxylation is 2. The van der Waals surface area contributed by atoms with Gasteiger partial charge in [0.25, 0.3) is 0 Å². The molecule has 1 heterocycles. The van der Waals surface area contributed by atoms with E-state index < -0.39 is 17.7 Å². The Morgan fingerprint density at radius 1 is 0.968 bits per heavy atom. The quantitative estimate of drug-likeness (QED) is 0.423. The van der Waals surface area contributed by atoms with Crippen LogP contribution in [0.5, 0.6) is 0 Å². The number of carbonyl (C=O) groups excluding carboxylic acids is 1. The van der Waals surface area contributed by atoms with Crippen LogP contribution in [-0.4, -0.2) is 29.1 Å². The molecule has 5 N–H and O–H groups in total. The zero-order chi connectivity index (χ0) is 22.4. The molecule has 1 aromatic heterocycles. The third-order valence-corrected chi connectivity index (χ3v) is 4.38. The van der Waals surface area contributed by atoms with Gasteiger partial charge in [0.2, 0.25) is 5.95 Å². The maximum Gasteiger partial charge on any atom is 0.319 e. The van der Waals surface area contributed by atoms with Crippen molar-refractivity contribution in [3.05, 3.63) is 65.2 Å². The standard InChI is InChI=1S/C22H24F2N6O/c1-13-8-14(2)10-15(9-13)19-12-20(30-21(25)29-19)26-6-3-7-27-22(31)28-16-4-5-17(23)18(24)11-16/h4-5,8-12H,3,6-7H2,1-2H3,(H2,27,28,31)(H3,25,26,29,30). The number of hydrogen-bond donors (Lipinski definition) is 4. The molecule has 7 nitrogen and oxygen atoms in total. The van der Waals surface area contributed by atoms with Gasteiger partial charge in [0, 0.05) is 36.5 Å². The molecule has 0 aliphatic heterocycles. The molecule has 3 rings (SSSR count). The maximum atomic E-state index is 13.2. The first-order valence-corrected chi connectivity index (χ1v) is 9.77. The van der Waals surface area contributed by atoms with Crippen LogP contribution in [0, 0.1) is 25.5 Å². The Bertz CT molecular complexity index is 1070. The molecule has 0 fully saturated rings. The van der Waals surface area contributed by atoms with Crippen LogP contribution in [0.25, 0.3) is 11.3 Å². The van der Waals surface area contributed by atoms with Gasteiger partial charge in [-0.1, -0.05) is 17.2 Å². The second kappa shape index (κ2) is 9.84. The zero-order valence-corrected chi connectivity index (χ0v) is 17.3. The van der Waals surface area contributed by atoms with Gasteiger partial charge in [0.15, 0.2) is 11.6 Å². The highest BCUT2D eigenvalue weighted by molar-refractivity contribution is 5.89. The van der Waals surface area contributed by atoms with Crippen molar-refractivity contribution < 1.29 is 13.6 Å². The van der Waals surface area contributed by atoms with Crippen LogP contribution in [0.15, 0.2) is 42.5 Å². The van der Waals surface area contributed by atoms with Crippen LogP contribution in [0.2, 0.25) is 0 Å². The molecule has 2 aromatic carbocycles. The molecular formula is C22H24F2N6O. The number of nitrogen functional groups attached to an aromatic ring is 1. The number of hydrogen-bond acceptors (Lipinski definition) is 5. The summed E-state index contributed by atoms with van der Waals surface area (Å²) in [4.78, 5) is 20.4. The molecule has 31 heavy (non-hydrogen) atoms. The maximum absolute atomic E-state index is 13.2. The van der Waals surface area contributed by atoms with Crippen molar-refractivity contribution in [3.8, 4) is 11.3 Å². The molecule has 162 valence electrons. The number of anilines is 3. The lowest BCUT2D eigenvalue weighted by molar-refractivity contribution is 0.252. The van der Waals surface area contributed by atoms with Gasteiger partial charge in [-0.05, 0) is 44.5 Å². The van der Waals surface area contributed by atoms with E-state index in [2.05, 4.69) is 32.0 Å². The van der Waals surface area contributed by atoms with E-state index in [-0.39, 0.29) is 11.6 Å². The molecule has 0 spiro atoms. The summed E-state index contributed by atoms with van der Waals surface area (Å²) in [6.45, 7) is 4.95. The van der Waals surface area contributed by atoms with E-state index in [4.69, 9.17) is 5.73 Å². The van der Waals surface area contributed by atoms with Gasteiger partial charge in [0.1, 0.15) is 5.82 Å². The Hall–Kier alpha value is -3.75. The lowest BCUT2D eigenvalue weighted by atomic mass is 10.0.